The molecule has 130 valence electrons. The lowest BCUT2D eigenvalue weighted by Gasteiger charge is -2.35. The van der Waals surface area contributed by atoms with E-state index in [4.69, 9.17) is 9.47 Å². The first kappa shape index (κ1) is 16.8. The van der Waals surface area contributed by atoms with Crippen LogP contribution in [-0.4, -0.2) is 61.6 Å². The fourth-order valence-electron chi connectivity index (χ4n) is 3.10. The number of hydrogen-bond acceptors (Lipinski definition) is 4. The molecule has 2 aliphatic rings. The van der Waals surface area contributed by atoms with Crippen molar-refractivity contribution in [1.29, 1.82) is 0 Å². The Hall–Kier alpha value is -2.01. The van der Waals surface area contributed by atoms with Crippen molar-refractivity contribution < 1.29 is 14.3 Å². The van der Waals surface area contributed by atoms with Crippen molar-refractivity contribution in [2.45, 2.75) is 13.8 Å². The number of benzene rings is 1. The van der Waals surface area contributed by atoms with Crippen molar-refractivity contribution in [1.82, 2.24) is 9.80 Å². The molecule has 1 fully saturated rings. The molecule has 5 heteroatoms. The summed E-state index contributed by atoms with van der Waals surface area (Å²) >= 11 is 0. The predicted molar refractivity (Wildman–Crippen MR) is 94.3 cm³/mol. The molecular formula is C19H26N2O3. The number of fused-ring (bicyclic) bond motifs is 1. The van der Waals surface area contributed by atoms with Gasteiger partial charge in [-0.1, -0.05) is 19.9 Å². The van der Waals surface area contributed by atoms with Crippen molar-refractivity contribution in [2.75, 3.05) is 45.9 Å². The zero-order valence-electron chi connectivity index (χ0n) is 14.5. The number of nitrogens with zero attached hydrogens (tertiary/aromatic N) is 2. The molecule has 0 spiro atoms. The summed E-state index contributed by atoms with van der Waals surface area (Å²) in [4.78, 5) is 16.7. The topological polar surface area (TPSA) is 42.0 Å². The Morgan fingerprint density at radius 3 is 2.54 bits per heavy atom. The average molecular weight is 330 g/mol. The van der Waals surface area contributed by atoms with E-state index in [2.05, 4.69) is 18.7 Å². The van der Waals surface area contributed by atoms with Gasteiger partial charge in [-0.3, -0.25) is 9.69 Å². The standard InChI is InChI=1S/C19H26N2O3/c1-15(2)14-20-7-9-21(10-8-20)19(22)6-4-16-3-5-17-18(13-16)24-12-11-23-17/h3-6,13,15H,7-12,14H2,1-2H3. The zero-order valence-corrected chi connectivity index (χ0v) is 14.5. The molecule has 24 heavy (non-hydrogen) atoms. The minimum absolute atomic E-state index is 0.0779. The molecular weight excluding hydrogens is 304 g/mol. The van der Waals surface area contributed by atoms with Crippen molar-refractivity contribution in [3.05, 3.63) is 29.8 Å². The Morgan fingerprint density at radius 2 is 1.83 bits per heavy atom. The summed E-state index contributed by atoms with van der Waals surface area (Å²) in [5, 5.41) is 0. The molecule has 0 aromatic heterocycles. The summed E-state index contributed by atoms with van der Waals surface area (Å²) < 4.78 is 11.1. The van der Waals surface area contributed by atoms with E-state index in [0.29, 0.717) is 19.1 Å². The highest BCUT2D eigenvalue weighted by Crippen LogP contribution is 2.31. The van der Waals surface area contributed by atoms with E-state index in [1.807, 2.05) is 29.2 Å². The van der Waals surface area contributed by atoms with Crippen molar-refractivity contribution in [3.8, 4) is 11.5 Å². The van der Waals surface area contributed by atoms with Crippen LogP contribution in [-0.2, 0) is 4.79 Å². The lowest BCUT2D eigenvalue weighted by atomic mass is 10.1. The highest BCUT2D eigenvalue weighted by molar-refractivity contribution is 5.92. The molecule has 0 radical (unpaired) electrons. The molecule has 0 aliphatic carbocycles. The maximum absolute atomic E-state index is 12.4. The molecule has 0 saturated carbocycles. The maximum Gasteiger partial charge on any atom is 0.246 e. The Balaban J connectivity index is 1.54. The lowest BCUT2D eigenvalue weighted by Crippen LogP contribution is -2.49. The third kappa shape index (κ3) is 4.29. The first-order valence-corrected chi connectivity index (χ1v) is 8.71. The van der Waals surface area contributed by atoms with Crippen LogP contribution in [0.4, 0.5) is 0 Å². The van der Waals surface area contributed by atoms with Gasteiger partial charge in [0.05, 0.1) is 0 Å². The lowest BCUT2D eigenvalue weighted by molar-refractivity contribution is -0.127. The van der Waals surface area contributed by atoms with Gasteiger partial charge in [0.15, 0.2) is 11.5 Å². The number of hydrogen-bond donors (Lipinski definition) is 0. The number of carbonyl (C=O) groups is 1. The summed E-state index contributed by atoms with van der Waals surface area (Å²) in [6, 6.07) is 5.75. The van der Waals surface area contributed by atoms with Gasteiger partial charge in [0.2, 0.25) is 5.91 Å². The Bertz CT molecular complexity index is 605. The summed E-state index contributed by atoms with van der Waals surface area (Å²) in [5.41, 5.74) is 0.950. The highest BCUT2D eigenvalue weighted by Gasteiger charge is 2.20. The first-order valence-electron chi connectivity index (χ1n) is 8.71. The quantitative estimate of drug-likeness (QED) is 0.794. The van der Waals surface area contributed by atoms with Crippen LogP contribution in [0.2, 0.25) is 0 Å². The van der Waals surface area contributed by atoms with Crippen LogP contribution in [0, 0.1) is 5.92 Å². The minimum atomic E-state index is 0.0779. The van der Waals surface area contributed by atoms with E-state index >= 15 is 0 Å². The van der Waals surface area contributed by atoms with Crippen molar-refractivity contribution in [3.63, 3.8) is 0 Å². The monoisotopic (exact) mass is 330 g/mol. The summed E-state index contributed by atoms with van der Waals surface area (Å²) in [6.45, 7) is 10.2. The summed E-state index contributed by atoms with van der Waals surface area (Å²) in [7, 11) is 0. The molecule has 0 atom stereocenters. The molecule has 0 bridgehead atoms. The number of ether oxygens (including phenoxy) is 2. The molecule has 2 aliphatic heterocycles. The Morgan fingerprint density at radius 1 is 1.12 bits per heavy atom. The van der Waals surface area contributed by atoms with Crippen LogP contribution >= 0.6 is 0 Å². The van der Waals surface area contributed by atoms with Gasteiger partial charge in [0, 0.05) is 38.8 Å². The second-order valence-electron chi connectivity index (χ2n) is 6.76. The minimum Gasteiger partial charge on any atom is -0.486 e. The maximum atomic E-state index is 12.4. The zero-order chi connectivity index (χ0) is 16.9. The van der Waals surface area contributed by atoms with E-state index in [1.54, 1.807) is 6.08 Å². The first-order chi connectivity index (χ1) is 11.6. The molecule has 1 aromatic rings. The van der Waals surface area contributed by atoms with Gasteiger partial charge < -0.3 is 14.4 Å². The fourth-order valence-corrected chi connectivity index (χ4v) is 3.10. The molecule has 5 nitrogen and oxygen atoms in total. The van der Waals surface area contributed by atoms with Gasteiger partial charge in [-0.05, 0) is 29.7 Å². The number of carbonyl (C=O) groups excluding carboxylic acids is 1. The normalized spacial score (nSPS) is 18.4. The number of amides is 1. The predicted octanol–water partition coefficient (Wildman–Crippen LogP) is 2.27. The highest BCUT2D eigenvalue weighted by atomic mass is 16.6. The molecule has 2 heterocycles. The molecule has 0 N–H and O–H groups in total. The largest absolute Gasteiger partial charge is 0.486 e. The molecule has 0 unspecified atom stereocenters. The van der Waals surface area contributed by atoms with Gasteiger partial charge in [0.25, 0.3) is 0 Å². The van der Waals surface area contributed by atoms with E-state index in [9.17, 15) is 4.79 Å². The Kier molecular flexibility index (Phi) is 5.41. The Labute approximate surface area is 143 Å². The van der Waals surface area contributed by atoms with Gasteiger partial charge in [-0.15, -0.1) is 0 Å². The summed E-state index contributed by atoms with van der Waals surface area (Å²) in [5.74, 6) is 2.26. The van der Waals surface area contributed by atoms with Gasteiger partial charge in [-0.2, -0.15) is 0 Å². The average Bonchev–Trinajstić information content (AvgIpc) is 2.59. The number of rotatable bonds is 4. The summed E-state index contributed by atoms with van der Waals surface area (Å²) in [6.07, 6.45) is 3.50. The van der Waals surface area contributed by atoms with Crippen LogP contribution < -0.4 is 9.47 Å². The van der Waals surface area contributed by atoms with E-state index < -0.39 is 0 Å². The third-order valence-electron chi connectivity index (χ3n) is 4.29. The second-order valence-corrected chi connectivity index (χ2v) is 6.76. The molecule has 1 saturated heterocycles. The third-order valence-corrected chi connectivity index (χ3v) is 4.29. The van der Waals surface area contributed by atoms with E-state index in [-0.39, 0.29) is 5.91 Å². The van der Waals surface area contributed by atoms with Gasteiger partial charge >= 0.3 is 0 Å². The SMILES string of the molecule is CC(C)CN1CCN(C(=O)C=Cc2ccc3c(c2)OCCO3)CC1. The van der Waals surface area contributed by atoms with Crippen LogP contribution in [0.1, 0.15) is 19.4 Å². The van der Waals surface area contributed by atoms with Gasteiger partial charge in [-0.25, -0.2) is 0 Å². The van der Waals surface area contributed by atoms with E-state index in [0.717, 1.165) is 49.8 Å². The van der Waals surface area contributed by atoms with Crippen LogP contribution in [0.15, 0.2) is 24.3 Å². The fraction of sp³-hybridized carbons (Fsp3) is 0.526. The second kappa shape index (κ2) is 7.71. The number of piperazine rings is 1. The molecule has 1 amide bonds. The van der Waals surface area contributed by atoms with Crippen LogP contribution in [0.5, 0.6) is 11.5 Å². The van der Waals surface area contributed by atoms with Crippen LogP contribution in [0.3, 0.4) is 0 Å². The molecule has 3 rings (SSSR count). The van der Waals surface area contributed by atoms with Crippen LogP contribution in [0.25, 0.3) is 6.08 Å². The van der Waals surface area contributed by atoms with E-state index in [1.165, 1.54) is 0 Å². The van der Waals surface area contributed by atoms with Crippen molar-refractivity contribution in [2.24, 2.45) is 5.92 Å². The smallest absolute Gasteiger partial charge is 0.246 e. The van der Waals surface area contributed by atoms with Crippen molar-refractivity contribution >= 4 is 12.0 Å². The molecule has 1 aromatic carbocycles. The van der Waals surface area contributed by atoms with Gasteiger partial charge in [0.1, 0.15) is 13.2 Å².